The Morgan fingerprint density at radius 2 is 2.00 bits per heavy atom. The Labute approximate surface area is 51.7 Å². The Morgan fingerprint density at radius 3 is 2.00 bits per heavy atom. The second-order valence-electron chi connectivity index (χ2n) is 1.22. The van der Waals surface area contributed by atoms with E-state index in [9.17, 15) is 0 Å². The summed E-state index contributed by atoms with van der Waals surface area (Å²) in [5.74, 6) is 0. The van der Waals surface area contributed by atoms with Gasteiger partial charge in [0.15, 0.2) is 0 Å². The SMILES string of the molecule is CC(C)SSS. The third kappa shape index (κ3) is 5.05. The van der Waals surface area contributed by atoms with Crippen LogP contribution in [0, 0.1) is 0 Å². The first-order valence-corrected chi connectivity index (χ1v) is 5.00. The molecular weight excluding hydrogens is 132 g/mol. The molecule has 0 aliphatic rings. The Bertz CT molecular complexity index is 27.2. The minimum Gasteiger partial charge on any atom is -0.0997 e. The predicted molar refractivity (Wildman–Crippen MR) is 39.3 cm³/mol. The van der Waals surface area contributed by atoms with Crippen molar-refractivity contribution in [2.24, 2.45) is 0 Å². The molecule has 0 aromatic heterocycles. The van der Waals surface area contributed by atoms with Crippen LogP contribution in [0.15, 0.2) is 0 Å². The summed E-state index contributed by atoms with van der Waals surface area (Å²) in [4.78, 5) is 0. The standard InChI is InChI=1S/C3H8S3/c1-3(2)5-6-4/h3-4H,1-2H3. The molecule has 38 valence electrons. The average Bonchev–Trinajstić information content (AvgIpc) is 1.35. The highest BCUT2D eigenvalue weighted by Crippen LogP contribution is 2.28. The van der Waals surface area contributed by atoms with Crippen LogP contribution in [0.4, 0.5) is 0 Å². The Hall–Kier alpha value is 1.05. The molecule has 0 aromatic carbocycles. The van der Waals surface area contributed by atoms with Crippen LogP contribution in [0.25, 0.3) is 0 Å². The van der Waals surface area contributed by atoms with Crippen molar-refractivity contribution in [2.75, 3.05) is 0 Å². The van der Waals surface area contributed by atoms with E-state index in [0.29, 0.717) is 5.25 Å². The minimum absolute atomic E-state index is 0.701. The minimum atomic E-state index is 0.701. The number of hydrogen-bond donors (Lipinski definition) is 1. The van der Waals surface area contributed by atoms with Gasteiger partial charge in [-0.05, 0) is 9.83 Å². The molecule has 6 heavy (non-hydrogen) atoms. The van der Waals surface area contributed by atoms with Gasteiger partial charge in [-0.3, -0.25) is 0 Å². The van der Waals surface area contributed by atoms with Gasteiger partial charge < -0.3 is 0 Å². The van der Waals surface area contributed by atoms with Gasteiger partial charge in [-0.1, -0.05) is 36.3 Å². The van der Waals surface area contributed by atoms with Crippen LogP contribution in [-0.4, -0.2) is 5.25 Å². The lowest BCUT2D eigenvalue weighted by Gasteiger charge is -1.94. The molecule has 0 aromatic rings. The summed E-state index contributed by atoms with van der Waals surface area (Å²) < 4.78 is 0. The molecule has 0 radical (unpaired) electrons. The van der Waals surface area contributed by atoms with E-state index >= 15 is 0 Å². The molecule has 0 amide bonds. The fourth-order valence-corrected chi connectivity index (χ4v) is 2.32. The maximum Gasteiger partial charge on any atom is 0.0103 e. The summed E-state index contributed by atoms with van der Waals surface area (Å²) >= 11 is 3.94. The fraction of sp³-hybridized carbons (Fsp3) is 1.00. The van der Waals surface area contributed by atoms with Crippen molar-refractivity contribution in [3.05, 3.63) is 0 Å². The highest BCUT2D eigenvalue weighted by molar-refractivity contribution is 9.05. The molecule has 0 rings (SSSR count). The van der Waals surface area contributed by atoms with Crippen molar-refractivity contribution in [1.82, 2.24) is 0 Å². The molecule has 0 unspecified atom stereocenters. The first-order chi connectivity index (χ1) is 2.77. The summed E-state index contributed by atoms with van der Waals surface area (Å²) in [5, 5.41) is 0.701. The van der Waals surface area contributed by atoms with Crippen molar-refractivity contribution in [3.63, 3.8) is 0 Å². The van der Waals surface area contributed by atoms with E-state index in [0.717, 1.165) is 0 Å². The van der Waals surface area contributed by atoms with Gasteiger partial charge in [0.1, 0.15) is 0 Å². The normalized spacial score (nSPS) is 10.0. The smallest absolute Gasteiger partial charge is 0.0103 e. The van der Waals surface area contributed by atoms with Gasteiger partial charge in [-0.15, -0.1) is 0 Å². The number of rotatable bonds is 2. The van der Waals surface area contributed by atoms with Gasteiger partial charge in [0.05, 0.1) is 0 Å². The maximum atomic E-state index is 3.94. The molecule has 0 N–H and O–H groups in total. The average molecular weight is 140 g/mol. The first-order valence-electron chi connectivity index (χ1n) is 1.74. The van der Waals surface area contributed by atoms with Crippen molar-refractivity contribution in [3.8, 4) is 0 Å². The maximum absolute atomic E-state index is 3.94. The third-order valence-electron chi connectivity index (χ3n) is 0.235. The van der Waals surface area contributed by atoms with Crippen molar-refractivity contribution in [1.29, 1.82) is 0 Å². The van der Waals surface area contributed by atoms with E-state index in [1.54, 1.807) is 10.8 Å². The summed E-state index contributed by atoms with van der Waals surface area (Å²) in [6.07, 6.45) is 0. The lowest BCUT2D eigenvalue weighted by atomic mass is 10.6. The Balaban J connectivity index is 2.63. The van der Waals surface area contributed by atoms with E-state index in [1.807, 2.05) is 0 Å². The van der Waals surface area contributed by atoms with Crippen LogP contribution in [0.1, 0.15) is 13.8 Å². The number of thiol groups is 1. The van der Waals surface area contributed by atoms with Gasteiger partial charge in [-0.2, -0.15) is 0 Å². The van der Waals surface area contributed by atoms with Gasteiger partial charge >= 0.3 is 0 Å². The zero-order valence-electron chi connectivity index (χ0n) is 3.84. The number of hydrogen-bond acceptors (Lipinski definition) is 3. The molecule has 0 aliphatic heterocycles. The van der Waals surface area contributed by atoms with Gasteiger partial charge in [-0.25, -0.2) is 0 Å². The summed E-state index contributed by atoms with van der Waals surface area (Å²) in [6, 6.07) is 0. The van der Waals surface area contributed by atoms with Gasteiger partial charge in [0.25, 0.3) is 0 Å². The molecule has 0 bridgehead atoms. The zero-order chi connectivity index (χ0) is 4.99. The highest BCUT2D eigenvalue weighted by atomic mass is 33.5. The molecule has 0 atom stereocenters. The lowest BCUT2D eigenvalue weighted by molar-refractivity contribution is 1.12. The zero-order valence-corrected chi connectivity index (χ0v) is 6.37. The molecule has 0 saturated carbocycles. The summed E-state index contributed by atoms with van der Waals surface area (Å²) in [7, 11) is 3.29. The Morgan fingerprint density at radius 1 is 1.50 bits per heavy atom. The molecule has 3 heteroatoms. The summed E-state index contributed by atoms with van der Waals surface area (Å²) in [5.41, 5.74) is 0. The monoisotopic (exact) mass is 140 g/mol. The van der Waals surface area contributed by atoms with Crippen LogP contribution in [0.3, 0.4) is 0 Å². The molecular formula is C3H8S3. The van der Waals surface area contributed by atoms with E-state index in [1.165, 1.54) is 9.83 Å². The molecule has 0 spiro atoms. The Kier molecular flexibility index (Phi) is 4.95. The molecule has 0 fully saturated rings. The summed E-state index contributed by atoms with van der Waals surface area (Å²) in [6.45, 7) is 4.29. The second kappa shape index (κ2) is 4.22. The topological polar surface area (TPSA) is 0 Å². The quantitative estimate of drug-likeness (QED) is 0.462. The largest absolute Gasteiger partial charge is 0.0997 e. The van der Waals surface area contributed by atoms with E-state index in [4.69, 9.17) is 0 Å². The second-order valence-corrected chi connectivity index (χ2v) is 4.87. The van der Waals surface area contributed by atoms with Gasteiger partial charge in [0, 0.05) is 5.25 Å². The molecule has 0 heterocycles. The van der Waals surface area contributed by atoms with E-state index in [2.05, 4.69) is 25.5 Å². The van der Waals surface area contributed by atoms with Crippen LogP contribution in [0.2, 0.25) is 0 Å². The van der Waals surface area contributed by atoms with E-state index in [-0.39, 0.29) is 0 Å². The third-order valence-corrected chi connectivity index (χ3v) is 2.89. The fourth-order valence-electron chi connectivity index (χ4n) is 0.0861. The van der Waals surface area contributed by atoms with Crippen LogP contribution in [0.5, 0.6) is 0 Å². The molecule has 0 nitrogen and oxygen atoms in total. The van der Waals surface area contributed by atoms with Crippen molar-refractivity contribution in [2.45, 2.75) is 19.1 Å². The lowest BCUT2D eigenvalue weighted by Crippen LogP contribution is -1.77. The van der Waals surface area contributed by atoms with E-state index < -0.39 is 0 Å². The predicted octanol–water partition coefficient (Wildman–Crippen LogP) is 2.62. The van der Waals surface area contributed by atoms with Crippen molar-refractivity contribution >= 4 is 32.3 Å². The van der Waals surface area contributed by atoms with Gasteiger partial charge in [0.2, 0.25) is 0 Å². The highest BCUT2D eigenvalue weighted by Gasteiger charge is 1.87. The van der Waals surface area contributed by atoms with Crippen molar-refractivity contribution < 1.29 is 0 Å². The molecule has 0 aliphatic carbocycles. The van der Waals surface area contributed by atoms with Crippen LogP contribution in [-0.2, 0) is 0 Å². The molecule has 0 saturated heterocycles. The van der Waals surface area contributed by atoms with Crippen LogP contribution >= 0.6 is 32.3 Å². The van der Waals surface area contributed by atoms with Crippen LogP contribution < -0.4 is 0 Å². The first kappa shape index (κ1) is 7.05.